The number of hydrogen-bond acceptors (Lipinski definition) is 4. The zero-order valence-corrected chi connectivity index (χ0v) is 9.01. The van der Waals surface area contributed by atoms with E-state index in [1.165, 1.54) is 0 Å². The highest BCUT2D eigenvalue weighted by Gasteiger charge is 2.03. The molecule has 0 aliphatic heterocycles. The number of nitrogens with zero attached hydrogens (tertiary/aromatic N) is 3. The Morgan fingerprint density at radius 2 is 2.33 bits per heavy atom. The van der Waals surface area contributed by atoms with Crippen LogP contribution in [0.15, 0.2) is 23.4 Å². The summed E-state index contributed by atoms with van der Waals surface area (Å²) in [7, 11) is 1.89. The summed E-state index contributed by atoms with van der Waals surface area (Å²) >= 11 is 0. The van der Waals surface area contributed by atoms with Crippen molar-refractivity contribution in [2.24, 2.45) is 10.9 Å². The fourth-order valence-electron chi connectivity index (χ4n) is 1.33. The normalized spacial score (nSPS) is 12.1. The molecule has 1 aromatic rings. The third-order valence-corrected chi connectivity index (χ3v) is 1.94. The van der Waals surface area contributed by atoms with E-state index in [0.717, 1.165) is 11.4 Å². The number of amidine groups is 1. The summed E-state index contributed by atoms with van der Waals surface area (Å²) in [5.74, 6) is 0.199. The summed E-state index contributed by atoms with van der Waals surface area (Å²) in [6, 6.07) is 5.87. The van der Waals surface area contributed by atoms with Gasteiger partial charge in [0.05, 0.1) is 12.2 Å². The van der Waals surface area contributed by atoms with Gasteiger partial charge in [0.1, 0.15) is 0 Å². The molecule has 3 N–H and O–H groups in total. The van der Waals surface area contributed by atoms with Crippen molar-refractivity contribution in [1.82, 2.24) is 9.88 Å². The quantitative estimate of drug-likeness (QED) is 0.328. The second-order valence-corrected chi connectivity index (χ2v) is 3.53. The first-order valence-electron chi connectivity index (χ1n) is 4.69. The SMILES string of the molecule is Cc1cccc(CN(C)CC(N)=NO)n1. The maximum absolute atomic E-state index is 8.41. The Hall–Kier alpha value is -1.62. The molecule has 0 radical (unpaired) electrons. The Kier molecular flexibility index (Phi) is 4.05. The zero-order valence-electron chi connectivity index (χ0n) is 9.01. The van der Waals surface area contributed by atoms with Gasteiger partial charge in [0.25, 0.3) is 0 Å². The van der Waals surface area contributed by atoms with Crippen LogP contribution in [0.1, 0.15) is 11.4 Å². The van der Waals surface area contributed by atoms with E-state index in [1.54, 1.807) is 0 Å². The van der Waals surface area contributed by atoms with Crippen molar-refractivity contribution in [1.29, 1.82) is 0 Å². The number of rotatable bonds is 4. The third-order valence-electron chi connectivity index (χ3n) is 1.94. The molecule has 0 saturated heterocycles. The molecule has 5 nitrogen and oxygen atoms in total. The molecule has 0 amide bonds. The van der Waals surface area contributed by atoms with E-state index >= 15 is 0 Å². The van der Waals surface area contributed by atoms with Crippen LogP contribution in [0, 0.1) is 6.92 Å². The second-order valence-electron chi connectivity index (χ2n) is 3.53. The van der Waals surface area contributed by atoms with E-state index in [1.807, 2.05) is 37.1 Å². The molecule has 0 bridgehead atoms. The summed E-state index contributed by atoms with van der Waals surface area (Å²) in [6.07, 6.45) is 0. The van der Waals surface area contributed by atoms with E-state index in [9.17, 15) is 0 Å². The number of hydrogen-bond donors (Lipinski definition) is 2. The smallest absolute Gasteiger partial charge is 0.153 e. The van der Waals surface area contributed by atoms with Gasteiger partial charge in [-0.15, -0.1) is 0 Å². The third kappa shape index (κ3) is 3.95. The van der Waals surface area contributed by atoms with Gasteiger partial charge in [-0.1, -0.05) is 11.2 Å². The molecule has 0 aromatic carbocycles. The summed E-state index contributed by atoms with van der Waals surface area (Å²) < 4.78 is 0. The predicted octanol–water partition coefficient (Wildman–Crippen LogP) is 0.568. The highest BCUT2D eigenvalue weighted by molar-refractivity contribution is 5.81. The van der Waals surface area contributed by atoms with Gasteiger partial charge in [0.15, 0.2) is 5.84 Å². The molecule has 0 unspecified atom stereocenters. The first-order valence-corrected chi connectivity index (χ1v) is 4.69. The molecule has 1 heterocycles. The molecule has 1 aromatic heterocycles. The summed E-state index contributed by atoms with van der Waals surface area (Å²) in [5, 5.41) is 11.3. The first kappa shape index (κ1) is 11.5. The molecule has 0 atom stereocenters. The van der Waals surface area contributed by atoms with E-state index in [-0.39, 0.29) is 5.84 Å². The van der Waals surface area contributed by atoms with Gasteiger partial charge < -0.3 is 10.9 Å². The van der Waals surface area contributed by atoms with E-state index in [4.69, 9.17) is 10.9 Å². The fourth-order valence-corrected chi connectivity index (χ4v) is 1.33. The van der Waals surface area contributed by atoms with Gasteiger partial charge in [-0.3, -0.25) is 9.88 Å². The highest BCUT2D eigenvalue weighted by atomic mass is 16.4. The Morgan fingerprint density at radius 3 is 2.93 bits per heavy atom. The van der Waals surface area contributed by atoms with Crippen molar-refractivity contribution < 1.29 is 5.21 Å². The van der Waals surface area contributed by atoms with Crippen LogP contribution in [0.4, 0.5) is 0 Å². The predicted molar refractivity (Wildman–Crippen MR) is 58.7 cm³/mol. The molecular weight excluding hydrogens is 192 g/mol. The van der Waals surface area contributed by atoms with Crippen molar-refractivity contribution in [2.45, 2.75) is 13.5 Å². The number of nitrogens with two attached hydrogens (primary N) is 1. The Balaban J connectivity index is 2.55. The van der Waals surface area contributed by atoms with Crippen molar-refractivity contribution >= 4 is 5.84 Å². The Labute approximate surface area is 89.2 Å². The number of aromatic nitrogens is 1. The molecule has 1 rings (SSSR count). The van der Waals surface area contributed by atoms with Gasteiger partial charge >= 0.3 is 0 Å². The number of likely N-dealkylation sites (N-methyl/N-ethyl adjacent to an activating group) is 1. The van der Waals surface area contributed by atoms with Crippen molar-refractivity contribution in [3.63, 3.8) is 0 Å². The van der Waals surface area contributed by atoms with Crippen LogP contribution in [0.3, 0.4) is 0 Å². The van der Waals surface area contributed by atoms with Crippen LogP contribution in [-0.4, -0.2) is 34.5 Å². The van der Waals surface area contributed by atoms with Crippen LogP contribution in [0.2, 0.25) is 0 Å². The van der Waals surface area contributed by atoms with Crippen molar-refractivity contribution in [3.05, 3.63) is 29.6 Å². The highest BCUT2D eigenvalue weighted by Crippen LogP contribution is 2.01. The number of aryl methyl sites for hydroxylation is 1. The molecule has 0 aliphatic rings. The van der Waals surface area contributed by atoms with Crippen molar-refractivity contribution in [2.75, 3.05) is 13.6 Å². The number of pyridine rings is 1. The van der Waals surface area contributed by atoms with Crippen LogP contribution < -0.4 is 5.73 Å². The average Bonchev–Trinajstić information content (AvgIpc) is 2.17. The molecule has 0 aliphatic carbocycles. The molecule has 0 saturated carbocycles. The molecule has 82 valence electrons. The number of oxime groups is 1. The summed E-state index contributed by atoms with van der Waals surface area (Å²) in [4.78, 5) is 6.29. The Bertz CT molecular complexity index is 351. The van der Waals surface area contributed by atoms with Crippen LogP contribution >= 0.6 is 0 Å². The van der Waals surface area contributed by atoms with Crippen LogP contribution in [-0.2, 0) is 6.54 Å². The molecule has 0 fully saturated rings. The van der Waals surface area contributed by atoms with Crippen LogP contribution in [0.5, 0.6) is 0 Å². The first-order chi connectivity index (χ1) is 7.11. The monoisotopic (exact) mass is 208 g/mol. The van der Waals surface area contributed by atoms with Crippen molar-refractivity contribution in [3.8, 4) is 0 Å². The second kappa shape index (κ2) is 5.31. The lowest BCUT2D eigenvalue weighted by Crippen LogP contribution is -2.30. The molecule has 5 heteroatoms. The summed E-state index contributed by atoms with van der Waals surface area (Å²) in [5.41, 5.74) is 7.36. The average molecular weight is 208 g/mol. The summed E-state index contributed by atoms with van der Waals surface area (Å²) in [6.45, 7) is 3.05. The van der Waals surface area contributed by atoms with E-state index in [2.05, 4.69) is 10.1 Å². The lowest BCUT2D eigenvalue weighted by atomic mass is 10.3. The van der Waals surface area contributed by atoms with Gasteiger partial charge in [0.2, 0.25) is 0 Å². The zero-order chi connectivity index (χ0) is 11.3. The Morgan fingerprint density at radius 1 is 1.60 bits per heavy atom. The lowest BCUT2D eigenvalue weighted by Gasteiger charge is -2.14. The lowest BCUT2D eigenvalue weighted by molar-refractivity contribution is 0.307. The minimum atomic E-state index is 0.199. The van der Waals surface area contributed by atoms with Gasteiger partial charge in [-0.05, 0) is 26.1 Å². The maximum Gasteiger partial charge on any atom is 0.153 e. The maximum atomic E-state index is 8.41. The van der Waals surface area contributed by atoms with Gasteiger partial charge in [0, 0.05) is 12.2 Å². The standard InChI is InChI=1S/C10H16N4O/c1-8-4-3-5-9(12-8)6-14(2)7-10(11)13-15/h3-5,15H,6-7H2,1-2H3,(H2,11,13). The van der Waals surface area contributed by atoms with Gasteiger partial charge in [-0.25, -0.2) is 0 Å². The fraction of sp³-hybridized carbons (Fsp3) is 0.400. The molecule has 0 spiro atoms. The largest absolute Gasteiger partial charge is 0.409 e. The molecule has 15 heavy (non-hydrogen) atoms. The van der Waals surface area contributed by atoms with Crippen LogP contribution in [0.25, 0.3) is 0 Å². The van der Waals surface area contributed by atoms with E-state index < -0.39 is 0 Å². The molecular formula is C10H16N4O. The van der Waals surface area contributed by atoms with Gasteiger partial charge in [-0.2, -0.15) is 0 Å². The minimum absolute atomic E-state index is 0.199. The topological polar surface area (TPSA) is 74.7 Å². The van der Waals surface area contributed by atoms with E-state index in [0.29, 0.717) is 13.1 Å². The minimum Gasteiger partial charge on any atom is -0.409 e.